The lowest BCUT2D eigenvalue weighted by molar-refractivity contribution is 0.396. The SMILES string of the molecule is COc1cc(C)ccc1C(C)N[C@H](C)c1ccccc1. The van der Waals surface area contributed by atoms with Gasteiger partial charge in [-0.15, -0.1) is 0 Å². The van der Waals surface area contributed by atoms with Gasteiger partial charge in [0.1, 0.15) is 5.75 Å². The molecule has 20 heavy (non-hydrogen) atoms. The maximum absolute atomic E-state index is 5.49. The normalized spacial score (nSPS) is 13.8. The summed E-state index contributed by atoms with van der Waals surface area (Å²) in [6, 6.07) is 17.4. The van der Waals surface area contributed by atoms with Gasteiger partial charge in [-0.05, 0) is 38.0 Å². The number of nitrogens with one attached hydrogen (secondary N) is 1. The van der Waals surface area contributed by atoms with Crippen molar-refractivity contribution in [3.63, 3.8) is 0 Å². The Labute approximate surface area is 121 Å². The van der Waals surface area contributed by atoms with Gasteiger partial charge in [0.25, 0.3) is 0 Å². The minimum absolute atomic E-state index is 0.237. The first-order valence-corrected chi connectivity index (χ1v) is 7.07. The Bertz CT molecular complexity index is 551. The van der Waals surface area contributed by atoms with Gasteiger partial charge < -0.3 is 10.1 Å². The van der Waals surface area contributed by atoms with Crippen molar-refractivity contribution in [1.29, 1.82) is 0 Å². The van der Waals surface area contributed by atoms with Gasteiger partial charge in [0.15, 0.2) is 0 Å². The van der Waals surface area contributed by atoms with Gasteiger partial charge >= 0.3 is 0 Å². The molecule has 1 N–H and O–H groups in total. The van der Waals surface area contributed by atoms with Crippen molar-refractivity contribution in [1.82, 2.24) is 5.32 Å². The zero-order valence-electron chi connectivity index (χ0n) is 12.7. The van der Waals surface area contributed by atoms with Crippen LogP contribution in [-0.2, 0) is 0 Å². The molecule has 106 valence electrons. The van der Waals surface area contributed by atoms with E-state index in [1.54, 1.807) is 7.11 Å². The second kappa shape index (κ2) is 6.58. The van der Waals surface area contributed by atoms with Crippen LogP contribution < -0.4 is 10.1 Å². The Morgan fingerprint density at radius 2 is 1.65 bits per heavy atom. The summed E-state index contributed by atoms with van der Waals surface area (Å²) in [5, 5.41) is 3.63. The number of methoxy groups -OCH3 is 1. The highest BCUT2D eigenvalue weighted by Crippen LogP contribution is 2.28. The van der Waals surface area contributed by atoms with Crippen LogP contribution >= 0.6 is 0 Å². The van der Waals surface area contributed by atoms with Crippen molar-refractivity contribution in [2.45, 2.75) is 32.9 Å². The summed E-state index contributed by atoms with van der Waals surface area (Å²) >= 11 is 0. The molecule has 2 heteroatoms. The largest absolute Gasteiger partial charge is 0.496 e. The van der Waals surface area contributed by atoms with E-state index in [1.807, 2.05) is 6.07 Å². The molecule has 0 aliphatic rings. The number of hydrogen-bond donors (Lipinski definition) is 1. The molecule has 0 aliphatic carbocycles. The third-order valence-corrected chi connectivity index (χ3v) is 3.66. The molecule has 1 unspecified atom stereocenters. The van der Waals surface area contributed by atoms with Crippen LogP contribution in [0, 0.1) is 6.92 Å². The molecule has 0 heterocycles. The molecular formula is C18H23NO. The lowest BCUT2D eigenvalue weighted by Crippen LogP contribution is -2.22. The van der Waals surface area contributed by atoms with Crippen LogP contribution in [-0.4, -0.2) is 7.11 Å². The lowest BCUT2D eigenvalue weighted by Gasteiger charge is -2.22. The number of ether oxygens (including phenoxy) is 1. The van der Waals surface area contributed by atoms with Crippen LogP contribution in [0.1, 0.15) is 42.6 Å². The molecule has 2 atom stereocenters. The molecule has 2 aromatic carbocycles. The Morgan fingerprint density at radius 3 is 2.30 bits per heavy atom. The Morgan fingerprint density at radius 1 is 0.950 bits per heavy atom. The van der Waals surface area contributed by atoms with Crippen molar-refractivity contribution >= 4 is 0 Å². The second-order valence-electron chi connectivity index (χ2n) is 5.27. The molecule has 0 radical (unpaired) electrons. The summed E-state index contributed by atoms with van der Waals surface area (Å²) in [5.74, 6) is 0.949. The van der Waals surface area contributed by atoms with E-state index in [-0.39, 0.29) is 6.04 Å². The summed E-state index contributed by atoms with van der Waals surface area (Å²) in [6.07, 6.45) is 0. The number of aryl methyl sites for hydroxylation is 1. The number of hydrogen-bond acceptors (Lipinski definition) is 2. The maximum atomic E-state index is 5.49. The Kier molecular flexibility index (Phi) is 4.80. The van der Waals surface area contributed by atoms with E-state index in [0.29, 0.717) is 6.04 Å². The molecule has 0 fully saturated rings. The smallest absolute Gasteiger partial charge is 0.123 e. The second-order valence-corrected chi connectivity index (χ2v) is 5.27. The highest BCUT2D eigenvalue weighted by atomic mass is 16.5. The Hall–Kier alpha value is -1.80. The van der Waals surface area contributed by atoms with Gasteiger partial charge in [-0.2, -0.15) is 0 Å². The molecule has 0 amide bonds. The molecule has 0 aromatic heterocycles. The molecule has 2 aromatic rings. The first-order chi connectivity index (χ1) is 9.61. The zero-order valence-corrected chi connectivity index (χ0v) is 12.7. The molecule has 0 saturated carbocycles. The summed E-state index contributed by atoms with van der Waals surface area (Å²) in [5.41, 5.74) is 3.71. The zero-order chi connectivity index (χ0) is 14.5. The van der Waals surface area contributed by atoms with Crippen molar-refractivity contribution < 1.29 is 4.74 Å². The number of rotatable bonds is 5. The minimum atomic E-state index is 0.237. The fourth-order valence-electron chi connectivity index (χ4n) is 2.48. The molecule has 0 bridgehead atoms. The van der Waals surface area contributed by atoms with Crippen LogP contribution in [0.4, 0.5) is 0 Å². The average molecular weight is 269 g/mol. The predicted molar refractivity (Wildman–Crippen MR) is 84.1 cm³/mol. The number of benzene rings is 2. The molecule has 2 rings (SSSR count). The van der Waals surface area contributed by atoms with Gasteiger partial charge in [-0.3, -0.25) is 0 Å². The first-order valence-electron chi connectivity index (χ1n) is 7.07. The lowest BCUT2D eigenvalue weighted by atomic mass is 10.0. The van der Waals surface area contributed by atoms with E-state index >= 15 is 0 Å². The van der Waals surface area contributed by atoms with Gasteiger partial charge in [0, 0.05) is 17.6 Å². The van der Waals surface area contributed by atoms with E-state index in [9.17, 15) is 0 Å². The third-order valence-electron chi connectivity index (χ3n) is 3.66. The fourth-order valence-corrected chi connectivity index (χ4v) is 2.48. The van der Waals surface area contributed by atoms with Crippen LogP contribution in [0.5, 0.6) is 5.75 Å². The maximum Gasteiger partial charge on any atom is 0.123 e. The summed E-state index contributed by atoms with van der Waals surface area (Å²) < 4.78 is 5.49. The fraction of sp³-hybridized carbons (Fsp3) is 0.333. The minimum Gasteiger partial charge on any atom is -0.496 e. The van der Waals surface area contributed by atoms with Crippen LogP contribution in [0.3, 0.4) is 0 Å². The van der Waals surface area contributed by atoms with Crippen LogP contribution in [0.15, 0.2) is 48.5 Å². The van der Waals surface area contributed by atoms with Gasteiger partial charge in [-0.1, -0.05) is 42.5 Å². The molecule has 0 saturated heterocycles. The Balaban J connectivity index is 2.14. The quantitative estimate of drug-likeness (QED) is 0.867. The molecular weight excluding hydrogens is 246 g/mol. The highest BCUT2D eigenvalue weighted by Gasteiger charge is 2.14. The standard InChI is InChI=1S/C18H23NO/c1-13-10-11-17(18(12-13)20-4)15(3)19-14(2)16-8-6-5-7-9-16/h5-12,14-15,19H,1-4H3/t14-,15?/m1/s1. The van der Waals surface area contributed by atoms with Crippen molar-refractivity contribution in [2.75, 3.05) is 7.11 Å². The molecule has 2 nitrogen and oxygen atoms in total. The van der Waals surface area contributed by atoms with E-state index in [4.69, 9.17) is 4.74 Å². The van der Waals surface area contributed by atoms with E-state index in [1.165, 1.54) is 16.7 Å². The summed E-state index contributed by atoms with van der Waals surface area (Å²) in [6.45, 7) is 6.44. The summed E-state index contributed by atoms with van der Waals surface area (Å²) in [4.78, 5) is 0. The molecule has 0 spiro atoms. The monoisotopic (exact) mass is 269 g/mol. The highest BCUT2D eigenvalue weighted by molar-refractivity contribution is 5.39. The average Bonchev–Trinajstić information content (AvgIpc) is 2.47. The van der Waals surface area contributed by atoms with E-state index in [2.05, 4.69) is 68.6 Å². The van der Waals surface area contributed by atoms with Gasteiger partial charge in [-0.25, -0.2) is 0 Å². The summed E-state index contributed by atoms with van der Waals surface area (Å²) in [7, 11) is 1.73. The van der Waals surface area contributed by atoms with Crippen LogP contribution in [0.2, 0.25) is 0 Å². The first kappa shape index (κ1) is 14.6. The van der Waals surface area contributed by atoms with E-state index < -0.39 is 0 Å². The molecule has 0 aliphatic heterocycles. The van der Waals surface area contributed by atoms with Gasteiger partial charge in [0.2, 0.25) is 0 Å². The predicted octanol–water partition coefficient (Wildman–Crippen LogP) is 4.42. The van der Waals surface area contributed by atoms with Crippen molar-refractivity contribution in [2.24, 2.45) is 0 Å². The van der Waals surface area contributed by atoms with Crippen LogP contribution in [0.25, 0.3) is 0 Å². The van der Waals surface area contributed by atoms with Crippen molar-refractivity contribution in [3.8, 4) is 5.75 Å². The van der Waals surface area contributed by atoms with Gasteiger partial charge in [0.05, 0.1) is 7.11 Å². The topological polar surface area (TPSA) is 21.3 Å². The van der Waals surface area contributed by atoms with Crippen molar-refractivity contribution in [3.05, 3.63) is 65.2 Å². The third kappa shape index (κ3) is 3.40. The van der Waals surface area contributed by atoms with E-state index in [0.717, 1.165) is 5.75 Å².